The fraction of sp³-hybridized carbons (Fsp3) is 0.296. The molecule has 0 saturated heterocycles. The number of rotatable bonds is 10. The fourth-order valence-electron chi connectivity index (χ4n) is 3.58. The van der Waals surface area contributed by atoms with E-state index in [4.69, 9.17) is 15.7 Å². The second kappa shape index (κ2) is 11.5. The Labute approximate surface area is 190 Å². The van der Waals surface area contributed by atoms with Crippen molar-refractivity contribution in [2.45, 2.75) is 45.4 Å². The van der Waals surface area contributed by atoms with E-state index in [0.717, 1.165) is 28.9 Å². The predicted molar refractivity (Wildman–Crippen MR) is 128 cm³/mol. The lowest BCUT2D eigenvalue weighted by molar-refractivity contribution is 0.304. The van der Waals surface area contributed by atoms with Gasteiger partial charge < -0.3 is 10.5 Å². The van der Waals surface area contributed by atoms with Gasteiger partial charge in [0.25, 0.3) is 0 Å². The van der Waals surface area contributed by atoms with Gasteiger partial charge in [0.1, 0.15) is 23.2 Å². The van der Waals surface area contributed by atoms with E-state index in [0.29, 0.717) is 23.4 Å². The van der Waals surface area contributed by atoms with Crippen molar-refractivity contribution in [2.24, 2.45) is 0 Å². The molecule has 32 heavy (non-hydrogen) atoms. The van der Waals surface area contributed by atoms with Crippen LogP contribution in [-0.4, -0.2) is 11.6 Å². The van der Waals surface area contributed by atoms with Crippen molar-refractivity contribution in [3.8, 4) is 40.3 Å². The van der Waals surface area contributed by atoms with Crippen LogP contribution in [0.25, 0.3) is 22.4 Å². The highest BCUT2D eigenvalue weighted by molar-refractivity contribution is 5.80. The average molecular weight is 425 g/mol. The molecule has 0 amide bonds. The first kappa shape index (κ1) is 22.8. The quantitative estimate of drug-likeness (QED) is 0.376. The molecule has 0 spiro atoms. The number of hydrogen-bond donors (Lipinski definition) is 1. The van der Waals surface area contributed by atoms with Crippen molar-refractivity contribution >= 4 is 5.82 Å². The third-order valence-electron chi connectivity index (χ3n) is 5.40. The molecule has 1 aromatic heterocycles. The summed E-state index contributed by atoms with van der Waals surface area (Å²) < 4.78 is 5.87. The molecule has 3 aromatic rings. The van der Waals surface area contributed by atoms with E-state index in [1.165, 1.54) is 32.1 Å². The monoisotopic (exact) mass is 424 g/mol. The van der Waals surface area contributed by atoms with Gasteiger partial charge in [0.15, 0.2) is 0 Å². The van der Waals surface area contributed by atoms with Crippen molar-refractivity contribution in [3.05, 3.63) is 65.7 Å². The SMILES string of the molecule is CCCCCCCCOc1ccc(-c2cc(-c3ccc(C#N)cc3)nc(N)c2C#N)cc1. The summed E-state index contributed by atoms with van der Waals surface area (Å²) in [5.74, 6) is 1.00. The van der Waals surface area contributed by atoms with Crippen LogP contribution < -0.4 is 10.5 Å². The van der Waals surface area contributed by atoms with Crippen molar-refractivity contribution in [2.75, 3.05) is 12.3 Å². The number of nitrogens with zero attached hydrogens (tertiary/aromatic N) is 3. The molecule has 1 heterocycles. The maximum absolute atomic E-state index is 9.63. The average Bonchev–Trinajstić information content (AvgIpc) is 2.83. The summed E-state index contributed by atoms with van der Waals surface area (Å²) >= 11 is 0. The summed E-state index contributed by atoms with van der Waals surface area (Å²) in [5, 5.41) is 18.6. The molecule has 0 aliphatic carbocycles. The van der Waals surface area contributed by atoms with Crippen molar-refractivity contribution in [3.63, 3.8) is 0 Å². The Kier molecular flexibility index (Phi) is 8.23. The first-order valence-corrected chi connectivity index (χ1v) is 11.1. The van der Waals surface area contributed by atoms with Gasteiger partial charge in [-0.05, 0) is 42.3 Å². The van der Waals surface area contributed by atoms with Gasteiger partial charge in [-0.2, -0.15) is 10.5 Å². The second-order valence-corrected chi connectivity index (χ2v) is 7.76. The molecular formula is C27H28N4O. The normalized spacial score (nSPS) is 10.3. The van der Waals surface area contributed by atoms with Crippen molar-refractivity contribution in [1.82, 2.24) is 4.98 Å². The van der Waals surface area contributed by atoms with Crippen LogP contribution in [0.5, 0.6) is 5.75 Å². The molecule has 2 aromatic carbocycles. The molecule has 0 aliphatic heterocycles. The Hall–Kier alpha value is -3.83. The Morgan fingerprint density at radius 2 is 1.50 bits per heavy atom. The second-order valence-electron chi connectivity index (χ2n) is 7.76. The van der Waals surface area contributed by atoms with Crippen molar-refractivity contribution < 1.29 is 4.74 Å². The molecule has 0 bridgehead atoms. The predicted octanol–water partition coefficient (Wildman–Crippen LogP) is 6.48. The number of nitriles is 2. The molecule has 3 rings (SSSR count). The topological polar surface area (TPSA) is 95.7 Å². The number of benzene rings is 2. The van der Waals surface area contributed by atoms with Crippen LogP contribution in [0, 0.1) is 22.7 Å². The molecule has 5 heteroatoms. The Balaban J connectivity index is 1.74. The molecule has 0 atom stereocenters. The molecule has 0 fully saturated rings. The number of nitrogen functional groups attached to an aromatic ring is 1. The molecule has 0 aliphatic rings. The highest BCUT2D eigenvalue weighted by Crippen LogP contribution is 2.32. The Bertz CT molecular complexity index is 1110. The van der Waals surface area contributed by atoms with E-state index in [9.17, 15) is 5.26 Å². The number of unbranched alkanes of at least 4 members (excludes halogenated alkanes) is 5. The van der Waals surface area contributed by atoms with E-state index >= 15 is 0 Å². The fourth-order valence-corrected chi connectivity index (χ4v) is 3.58. The van der Waals surface area contributed by atoms with Crippen LogP contribution in [0.4, 0.5) is 5.82 Å². The number of nitrogens with two attached hydrogens (primary N) is 1. The van der Waals surface area contributed by atoms with Crippen LogP contribution in [-0.2, 0) is 0 Å². The minimum Gasteiger partial charge on any atom is -0.494 e. The van der Waals surface area contributed by atoms with Gasteiger partial charge in [0.2, 0.25) is 0 Å². The molecule has 162 valence electrons. The smallest absolute Gasteiger partial charge is 0.142 e. The van der Waals surface area contributed by atoms with Gasteiger partial charge in [-0.1, -0.05) is 63.3 Å². The first-order valence-electron chi connectivity index (χ1n) is 11.1. The number of aromatic nitrogens is 1. The number of hydrogen-bond acceptors (Lipinski definition) is 5. The van der Waals surface area contributed by atoms with E-state index in [1.807, 2.05) is 42.5 Å². The maximum atomic E-state index is 9.63. The highest BCUT2D eigenvalue weighted by Gasteiger charge is 2.13. The van der Waals surface area contributed by atoms with Crippen LogP contribution in [0.15, 0.2) is 54.6 Å². The highest BCUT2D eigenvalue weighted by atomic mass is 16.5. The Morgan fingerprint density at radius 1 is 0.844 bits per heavy atom. The van der Waals surface area contributed by atoms with Gasteiger partial charge in [0.05, 0.1) is 23.9 Å². The zero-order valence-electron chi connectivity index (χ0n) is 18.5. The van der Waals surface area contributed by atoms with Crippen molar-refractivity contribution in [1.29, 1.82) is 10.5 Å². The maximum Gasteiger partial charge on any atom is 0.142 e. The van der Waals surface area contributed by atoms with E-state index in [2.05, 4.69) is 24.0 Å². The molecule has 5 nitrogen and oxygen atoms in total. The zero-order chi connectivity index (χ0) is 22.8. The minimum absolute atomic E-state index is 0.188. The summed E-state index contributed by atoms with van der Waals surface area (Å²) in [4.78, 5) is 4.40. The van der Waals surface area contributed by atoms with E-state index < -0.39 is 0 Å². The van der Waals surface area contributed by atoms with E-state index in [1.54, 1.807) is 12.1 Å². The van der Waals surface area contributed by atoms with Crippen LogP contribution in [0.3, 0.4) is 0 Å². The lowest BCUT2D eigenvalue weighted by Gasteiger charge is -2.11. The van der Waals surface area contributed by atoms with Gasteiger partial charge in [-0.15, -0.1) is 0 Å². The largest absolute Gasteiger partial charge is 0.494 e. The van der Waals surface area contributed by atoms with Crippen LogP contribution in [0.2, 0.25) is 0 Å². The van der Waals surface area contributed by atoms with Crippen LogP contribution >= 0.6 is 0 Å². The zero-order valence-corrected chi connectivity index (χ0v) is 18.5. The van der Waals surface area contributed by atoms with Gasteiger partial charge in [-0.25, -0.2) is 4.98 Å². The summed E-state index contributed by atoms with van der Waals surface area (Å²) in [6, 6.07) is 21.0. The first-order chi connectivity index (χ1) is 15.7. The van der Waals surface area contributed by atoms with Crippen LogP contribution in [0.1, 0.15) is 56.6 Å². The third-order valence-corrected chi connectivity index (χ3v) is 5.40. The summed E-state index contributed by atoms with van der Waals surface area (Å²) in [5.41, 5.74) is 10.1. The van der Waals surface area contributed by atoms with Gasteiger partial charge in [-0.3, -0.25) is 0 Å². The van der Waals surface area contributed by atoms with Gasteiger partial charge >= 0.3 is 0 Å². The molecule has 0 radical (unpaired) electrons. The molecule has 0 saturated carbocycles. The number of ether oxygens (including phenoxy) is 1. The summed E-state index contributed by atoms with van der Waals surface area (Å²) in [6.45, 7) is 2.93. The lowest BCUT2D eigenvalue weighted by atomic mass is 9.98. The summed E-state index contributed by atoms with van der Waals surface area (Å²) in [6.07, 6.45) is 7.37. The summed E-state index contributed by atoms with van der Waals surface area (Å²) in [7, 11) is 0. The van der Waals surface area contributed by atoms with Gasteiger partial charge in [0, 0.05) is 11.1 Å². The molecule has 0 unspecified atom stereocenters. The third kappa shape index (κ3) is 5.86. The standard InChI is InChI=1S/C27H28N4O/c1-2-3-4-5-6-7-16-32-23-14-12-21(13-15-23)24-17-26(31-27(30)25(24)19-29)22-10-8-20(18-28)9-11-22/h8-15,17H,2-7,16H2,1H3,(H2,30,31). The Morgan fingerprint density at radius 3 is 2.16 bits per heavy atom. The number of anilines is 1. The minimum atomic E-state index is 0.188. The lowest BCUT2D eigenvalue weighted by Crippen LogP contribution is -2.00. The van der Waals surface area contributed by atoms with E-state index in [-0.39, 0.29) is 5.82 Å². The molecule has 2 N–H and O–H groups in total. The number of pyridine rings is 1. The molecular weight excluding hydrogens is 396 g/mol.